The Balaban J connectivity index is 1.12. The van der Waals surface area contributed by atoms with Gasteiger partial charge in [0.05, 0.1) is 25.4 Å². The molecule has 1 saturated carbocycles. The summed E-state index contributed by atoms with van der Waals surface area (Å²) in [5.41, 5.74) is 1.03. The van der Waals surface area contributed by atoms with E-state index in [-0.39, 0.29) is 11.3 Å². The van der Waals surface area contributed by atoms with Gasteiger partial charge in [0.1, 0.15) is 5.75 Å². The fraction of sp³-hybridized carbons (Fsp3) is 0.639. The number of carbonyl (C=O) groups excluding carboxylic acids is 1. The van der Waals surface area contributed by atoms with E-state index in [1.165, 1.54) is 95.6 Å². The summed E-state index contributed by atoms with van der Waals surface area (Å²) in [7, 11) is 0. The number of esters is 1. The Morgan fingerprint density at radius 1 is 0.810 bits per heavy atom. The Morgan fingerprint density at radius 3 is 2.14 bits per heavy atom. The quantitative estimate of drug-likeness (QED) is 0.0994. The van der Waals surface area contributed by atoms with E-state index in [0.717, 1.165) is 30.7 Å². The number of carbonyl (C=O) groups is 1. The molecule has 2 fully saturated rings. The van der Waals surface area contributed by atoms with Crippen molar-refractivity contribution in [3.63, 3.8) is 0 Å². The molecule has 2 aliphatic rings. The second-order valence-electron chi connectivity index (χ2n) is 12.2. The predicted molar refractivity (Wildman–Crippen MR) is 164 cm³/mol. The maximum atomic E-state index is 14.6. The first-order chi connectivity index (χ1) is 20.6. The van der Waals surface area contributed by atoms with Gasteiger partial charge in [-0.25, -0.2) is 9.18 Å². The summed E-state index contributed by atoms with van der Waals surface area (Å²) in [4.78, 5) is 12.6. The molecule has 0 spiro atoms. The molecule has 5 nitrogen and oxygen atoms in total. The van der Waals surface area contributed by atoms with Gasteiger partial charge in [-0.05, 0) is 49.1 Å². The van der Waals surface area contributed by atoms with Crippen LogP contribution in [0.2, 0.25) is 0 Å². The van der Waals surface area contributed by atoms with Crippen LogP contribution in [0.5, 0.6) is 11.5 Å². The molecule has 4 rings (SSSR count). The average Bonchev–Trinajstić information content (AvgIpc) is 3.53. The van der Waals surface area contributed by atoms with Gasteiger partial charge in [0.15, 0.2) is 17.9 Å². The van der Waals surface area contributed by atoms with Crippen LogP contribution in [0.1, 0.15) is 132 Å². The highest BCUT2D eigenvalue weighted by atomic mass is 19.1. The number of hydrogen-bond acceptors (Lipinski definition) is 5. The number of benzene rings is 2. The summed E-state index contributed by atoms with van der Waals surface area (Å²) in [6.45, 7) is 4.11. The van der Waals surface area contributed by atoms with Crippen LogP contribution in [-0.2, 0) is 9.47 Å². The Kier molecular flexibility index (Phi) is 14.1. The predicted octanol–water partition coefficient (Wildman–Crippen LogP) is 9.98. The third kappa shape index (κ3) is 11.0. The summed E-state index contributed by atoms with van der Waals surface area (Å²) in [6, 6.07) is 11.3. The minimum atomic E-state index is -0.613. The lowest BCUT2D eigenvalue weighted by Gasteiger charge is -2.29. The lowest BCUT2D eigenvalue weighted by molar-refractivity contribution is -0.206. The molecule has 6 heteroatoms. The lowest BCUT2D eigenvalue weighted by atomic mass is 9.99. The Morgan fingerprint density at radius 2 is 1.45 bits per heavy atom. The highest BCUT2D eigenvalue weighted by Crippen LogP contribution is 2.30. The SMILES string of the molecule is CCCCCCCCC1COC(c2ccc(OC(=O)c3ccc(OCCCCCCC4CCCC4)c(F)c3)cc2)OC1. The van der Waals surface area contributed by atoms with Gasteiger partial charge >= 0.3 is 5.97 Å². The van der Waals surface area contributed by atoms with Crippen molar-refractivity contribution in [3.05, 3.63) is 59.4 Å². The fourth-order valence-electron chi connectivity index (χ4n) is 6.09. The molecule has 0 atom stereocenters. The van der Waals surface area contributed by atoms with Crippen molar-refractivity contribution in [1.82, 2.24) is 0 Å². The molecule has 0 bridgehead atoms. The second kappa shape index (κ2) is 18.3. The normalized spacial score (nSPS) is 19.2. The summed E-state index contributed by atoms with van der Waals surface area (Å²) < 4.78 is 37.7. The molecule has 42 heavy (non-hydrogen) atoms. The van der Waals surface area contributed by atoms with Gasteiger partial charge in [0.2, 0.25) is 0 Å². The second-order valence-corrected chi connectivity index (χ2v) is 12.2. The van der Waals surface area contributed by atoms with Crippen molar-refractivity contribution in [1.29, 1.82) is 0 Å². The number of hydrogen-bond donors (Lipinski definition) is 0. The van der Waals surface area contributed by atoms with Crippen LogP contribution < -0.4 is 9.47 Å². The van der Waals surface area contributed by atoms with Crippen LogP contribution in [0.3, 0.4) is 0 Å². The zero-order chi connectivity index (χ0) is 29.4. The number of halogens is 1. The van der Waals surface area contributed by atoms with Crippen LogP contribution in [-0.4, -0.2) is 25.8 Å². The molecule has 0 amide bonds. The monoisotopic (exact) mass is 582 g/mol. The summed E-state index contributed by atoms with van der Waals surface area (Å²) in [6.07, 6.45) is 19.9. The molecule has 1 aliphatic heterocycles. The number of unbranched alkanes of at least 4 members (excludes halogenated alkanes) is 8. The van der Waals surface area contributed by atoms with Gasteiger partial charge in [-0.1, -0.05) is 109 Å². The van der Waals surface area contributed by atoms with Crippen molar-refractivity contribution in [2.24, 2.45) is 11.8 Å². The highest BCUT2D eigenvalue weighted by molar-refractivity contribution is 5.91. The van der Waals surface area contributed by atoms with Crippen LogP contribution in [0.15, 0.2) is 42.5 Å². The molecule has 0 aromatic heterocycles. The molecule has 1 aliphatic carbocycles. The number of ether oxygens (including phenoxy) is 4. The summed E-state index contributed by atoms with van der Waals surface area (Å²) in [5, 5.41) is 0. The molecule has 232 valence electrons. The van der Waals surface area contributed by atoms with Gasteiger partial charge in [-0.15, -0.1) is 0 Å². The summed E-state index contributed by atoms with van der Waals surface area (Å²) in [5.74, 6) is 0.775. The topological polar surface area (TPSA) is 54.0 Å². The molecule has 2 aromatic rings. The largest absolute Gasteiger partial charge is 0.491 e. The van der Waals surface area contributed by atoms with Crippen molar-refractivity contribution in [2.45, 2.75) is 116 Å². The van der Waals surface area contributed by atoms with Crippen molar-refractivity contribution in [3.8, 4) is 11.5 Å². The first kappa shape index (κ1) is 32.5. The fourth-order valence-corrected chi connectivity index (χ4v) is 6.09. The zero-order valence-corrected chi connectivity index (χ0v) is 25.6. The molecule has 1 saturated heterocycles. The van der Waals surface area contributed by atoms with Gasteiger partial charge < -0.3 is 18.9 Å². The Hall–Kier alpha value is -2.44. The number of rotatable bonds is 18. The molecule has 1 heterocycles. The molecule has 0 radical (unpaired) electrons. The Bertz CT molecular complexity index is 1040. The third-order valence-electron chi connectivity index (χ3n) is 8.70. The van der Waals surface area contributed by atoms with Gasteiger partial charge in [0, 0.05) is 11.5 Å². The maximum absolute atomic E-state index is 14.6. The Labute approximate surface area is 252 Å². The maximum Gasteiger partial charge on any atom is 0.343 e. The molecular weight excluding hydrogens is 531 g/mol. The van der Waals surface area contributed by atoms with E-state index in [9.17, 15) is 9.18 Å². The molecule has 0 N–H and O–H groups in total. The third-order valence-corrected chi connectivity index (χ3v) is 8.70. The van der Waals surface area contributed by atoms with E-state index in [1.807, 2.05) is 12.1 Å². The molecule has 0 unspecified atom stereocenters. The first-order valence-electron chi connectivity index (χ1n) is 16.6. The highest BCUT2D eigenvalue weighted by Gasteiger charge is 2.23. The molecular formula is C36H51FO5. The standard InChI is InChI=1S/C36H51FO5/c1-2-3-4-5-6-10-17-29-26-40-36(41-27-29)30-18-21-32(22-19-30)42-35(38)31-20-23-34(33(37)25-31)39-24-13-8-7-9-14-28-15-11-12-16-28/h18-23,25,28-29,36H,2-17,24,26-27H2,1H3. The summed E-state index contributed by atoms with van der Waals surface area (Å²) >= 11 is 0. The van der Waals surface area contributed by atoms with E-state index in [0.29, 0.717) is 31.5 Å². The van der Waals surface area contributed by atoms with Crippen LogP contribution in [0.25, 0.3) is 0 Å². The van der Waals surface area contributed by atoms with E-state index >= 15 is 0 Å². The van der Waals surface area contributed by atoms with Gasteiger partial charge in [0.25, 0.3) is 0 Å². The minimum Gasteiger partial charge on any atom is -0.491 e. The van der Waals surface area contributed by atoms with E-state index in [4.69, 9.17) is 18.9 Å². The van der Waals surface area contributed by atoms with Crippen LogP contribution in [0.4, 0.5) is 4.39 Å². The molecule has 2 aromatic carbocycles. The first-order valence-corrected chi connectivity index (χ1v) is 16.6. The van der Waals surface area contributed by atoms with Crippen LogP contribution in [0, 0.1) is 17.7 Å². The minimum absolute atomic E-state index is 0.145. The van der Waals surface area contributed by atoms with E-state index in [1.54, 1.807) is 18.2 Å². The van der Waals surface area contributed by atoms with Crippen molar-refractivity contribution >= 4 is 5.97 Å². The van der Waals surface area contributed by atoms with E-state index < -0.39 is 18.1 Å². The lowest BCUT2D eigenvalue weighted by Crippen LogP contribution is -2.27. The zero-order valence-electron chi connectivity index (χ0n) is 25.6. The van der Waals surface area contributed by atoms with Gasteiger partial charge in [-0.2, -0.15) is 0 Å². The van der Waals surface area contributed by atoms with Crippen LogP contribution >= 0.6 is 0 Å². The van der Waals surface area contributed by atoms with E-state index in [2.05, 4.69) is 6.92 Å². The van der Waals surface area contributed by atoms with Crippen molar-refractivity contribution in [2.75, 3.05) is 19.8 Å². The average molecular weight is 583 g/mol. The van der Waals surface area contributed by atoms with Gasteiger partial charge in [-0.3, -0.25) is 0 Å². The smallest absolute Gasteiger partial charge is 0.343 e. The van der Waals surface area contributed by atoms with Crippen molar-refractivity contribution < 1.29 is 28.1 Å².